The predicted octanol–water partition coefficient (Wildman–Crippen LogP) is 1.72. The average Bonchev–Trinajstić information content (AvgIpc) is 2.84. The summed E-state index contributed by atoms with van der Waals surface area (Å²) in [4.78, 5) is 13.7. The van der Waals surface area contributed by atoms with Gasteiger partial charge in [-0.15, -0.1) is 0 Å². The van der Waals surface area contributed by atoms with Gasteiger partial charge in [0, 0.05) is 32.5 Å². The molecule has 5 nitrogen and oxygen atoms in total. The SMILES string of the molecule is CCCNC(=O)N(C)C1CCC2(CC1)OCCO2. The van der Waals surface area contributed by atoms with Crippen LogP contribution in [0.2, 0.25) is 0 Å². The molecular weight excluding hydrogens is 232 g/mol. The largest absolute Gasteiger partial charge is 0.348 e. The molecule has 1 saturated carbocycles. The van der Waals surface area contributed by atoms with Crippen molar-refractivity contribution in [2.24, 2.45) is 0 Å². The van der Waals surface area contributed by atoms with E-state index in [2.05, 4.69) is 12.2 Å². The van der Waals surface area contributed by atoms with E-state index < -0.39 is 0 Å². The molecule has 1 heterocycles. The zero-order valence-electron chi connectivity index (χ0n) is 11.4. The Labute approximate surface area is 109 Å². The molecule has 18 heavy (non-hydrogen) atoms. The Morgan fingerprint density at radius 1 is 1.33 bits per heavy atom. The number of nitrogens with zero attached hydrogens (tertiary/aromatic N) is 1. The molecule has 1 N–H and O–H groups in total. The van der Waals surface area contributed by atoms with Crippen molar-refractivity contribution in [3.05, 3.63) is 0 Å². The Morgan fingerprint density at radius 3 is 2.50 bits per heavy atom. The molecule has 0 bridgehead atoms. The molecule has 2 fully saturated rings. The van der Waals surface area contributed by atoms with Crippen molar-refractivity contribution in [3.63, 3.8) is 0 Å². The van der Waals surface area contributed by atoms with Crippen molar-refractivity contribution in [2.45, 2.75) is 50.9 Å². The van der Waals surface area contributed by atoms with Crippen LogP contribution in [0.5, 0.6) is 0 Å². The minimum atomic E-state index is -0.336. The fourth-order valence-corrected chi connectivity index (χ4v) is 2.74. The maximum Gasteiger partial charge on any atom is 0.317 e. The second-order valence-electron chi connectivity index (χ2n) is 5.18. The molecule has 0 unspecified atom stereocenters. The molecule has 1 aliphatic carbocycles. The number of ether oxygens (including phenoxy) is 2. The number of hydrogen-bond donors (Lipinski definition) is 1. The van der Waals surface area contributed by atoms with Crippen molar-refractivity contribution in [1.29, 1.82) is 0 Å². The van der Waals surface area contributed by atoms with Gasteiger partial charge >= 0.3 is 6.03 Å². The van der Waals surface area contributed by atoms with E-state index in [-0.39, 0.29) is 11.8 Å². The molecule has 0 atom stereocenters. The first-order valence-electron chi connectivity index (χ1n) is 6.95. The summed E-state index contributed by atoms with van der Waals surface area (Å²) in [5.74, 6) is -0.336. The standard InChI is InChI=1S/C13H24N2O3/c1-3-8-14-12(16)15(2)11-4-6-13(7-5-11)17-9-10-18-13/h11H,3-10H2,1-2H3,(H,14,16). The zero-order chi connectivity index (χ0) is 13.0. The van der Waals surface area contributed by atoms with E-state index in [1.54, 1.807) is 0 Å². The number of amides is 2. The fraction of sp³-hybridized carbons (Fsp3) is 0.923. The van der Waals surface area contributed by atoms with Crippen LogP contribution in [-0.4, -0.2) is 49.6 Å². The van der Waals surface area contributed by atoms with Crippen molar-refractivity contribution < 1.29 is 14.3 Å². The van der Waals surface area contributed by atoms with Crippen LogP contribution in [0.1, 0.15) is 39.0 Å². The van der Waals surface area contributed by atoms with Gasteiger partial charge in [-0.2, -0.15) is 0 Å². The molecule has 1 saturated heterocycles. The van der Waals surface area contributed by atoms with Gasteiger partial charge in [0.05, 0.1) is 13.2 Å². The van der Waals surface area contributed by atoms with Crippen LogP contribution < -0.4 is 5.32 Å². The number of carbonyl (C=O) groups excluding carboxylic acids is 1. The highest BCUT2D eigenvalue weighted by Crippen LogP contribution is 2.36. The quantitative estimate of drug-likeness (QED) is 0.836. The highest BCUT2D eigenvalue weighted by molar-refractivity contribution is 5.74. The van der Waals surface area contributed by atoms with Gasteiger partial charge in [-0.1, -0.05) is 6.92 Å². The van der Waals surface area contributed by atoms with Crippen molar-refractivity contribution in [3.8, 4) is 0 Å². The number of nitrogens with one attached hydrogen (secondary N) is 1. The summed E-state index contributed by atoms with van der Waals surface area (Å²) in [5, 5.41) is 2.91. The van der Waals surface area contributed by atoms with Gasteiger partial charge in [0.2, 0.25) is 0 Å². The van der Waals surface area contributed by atoms with E-state index in [9.17, 15) is 4.79 Å². The summed E-state index contributed by atoms with van der Waals surface area (Å²) in [7, 11) is 1.88. The van der Waals surface area contributed by atoms with Gasteiger partial charge in [-0.3, -0.25) is 0 Å². The summed E-state index contributed by atoms with van der Waals surface area (Å²) >= 11 is 0. The lowest BCUT2D eigenvalue weighted by Gasteiger charge is -2.38. The Morgan fingerprint density at radius 2 is 1.94 bits per heavy atom. The van der Waals surface area contributed by atoms with Crippen molar-refractivity contribution in [1.82, 2.24) is 10.2 Å². The molecule has 104 valence electrons. The maximum atomic E-state index is 11.9. The first-order chi connectivity index (χ1) is 8.67. The average molecular weight is 256 g/mol. The van der Waals surface area contributed by atoms with Gasteiger partial charge in [-0.25, -0.2) is 4.79 Å². The summed E-state index contributed by atoms with van der Waals surface area (Å²) in [5.41, 5.74) is 0. The van der Waals surface area contributed by atoms with E-state index in [1.165, 1.54) is 0 Å². The summed E-state index contributed by atoms with van der Waals surface area (Å²) in [6, 6.07) is 0.339. The molecular formula is C13H24N2O3. The normalized spacial score (nSPS) is 23.2. The minimum absolute atomic E-state index is 0.0334. The van der Waals surface area contributed by atoms with Crippen LogP contribution in [0.3, 0.4) is 0 Å². The van der Waals surface area contributed by atoms with E-state index >= 15 is 0 Å². The van der Waals surface area contributed by atoms with Gasteiger partial charge < -0.3 is 19.7 Å². The highest BCUT2D eigenvalue weighted by Gasteiger charge is 2.41. The number of rotatable bonds is 3. The molecule has 0 aromatic carbocycles. The summed E-state index contributed by atoms with van der Waals surface area (Å²) < 4.78 is 11.4. The number of urea groups is 1. The topological polar surface area (TPSA) is 50.8 Å². The molecule has 0 aromatic heterocycles. The molecule has 0 radical (unpaired) electrons. The molecule has 2 amide bonds. The highest BCUT2D eigenvalue weighted by atomic mass is 16.7. The molecule has 1 spiro atoms. The van der Waals surface area contributed by atoms with E-state index in [4.69, 9.17) is 9.47 Å². The molecule has 5 heteroatoms. The third-order valence-electron chi connectivity index (χ3n) is 3.92. The minimum Gasteiger partial charge on any atom is -0.348 e. The van der Waals surface area contributed by atoms with Crippen LogP contribution in [0.25, 0.3) is 0 Å². The van der Waals surface area contributed by atoms with Crippen molar-refractivity contribution >= 4 is 6.03 Å². The van der Waals surface area contributed by atoms with Gasteiger partial charge in [0.1, 0.15) is 0 Å². The summed E-state index contributed by atoms with van der Waals surface area (Å²) in [6.07, 6.45) is 4.66. The summed E-state index contributed by atoms with van der Waals surface area (Å²) in [6.45, 7) is 4.21. The van der Waals surface area contributed by atoms with Gasteiger partial charge in [-0.05, 0) is 19.3 Å². The lowest BCUT2D eigenvalue weighted by atomic mass is 9.89. The molecule has 1 aliphatic heterocycles. The maximum absolute atomic E-state index is 11.9. The third-order valence-corrected chi connectivity index (χ3v) is 3.92. The van der Waals surface area contributed by atoms with Crippen LogP contribution in [0.4, 0.5) is 4.79 Å². The van der Waals surface area contributed by atoms with E-state index in [0.29, 0.717) is 19.3 Å². The van der Waals surface area contributed by atoms with Gasteiger partial charge in [0.25, 0.3) is 0 Å². The second kappa shape index (κ2) is 5.89. The first kappa shape index (κ1) is 13.6. The lowest BCUT2D eigenvalue weighted by Crippen LogP contribution is -2.48. The Balaban J connectivity index is 1.79. The number of hydrogen-bond acceptors (Lipinski definition) is 3. The van der Waals surface area contributed by atoms with Crippen molar-refractivity contribution in [2.75, 3.05) is 26.8 Å². The molecule has 2 aliphatic rings. The second-order valence-corrected chi connectivity index (χ2v) is 5.18. The Bertz CT molecular complexity index is 280. The van der Waals surface area contributed by atoms with Crippen LogP contribution in [-0.2, 0) is 9.47 Å². The zero-order valence-corrected chi connectivity index (χ0v) is 11.4. The van der Waals surface area contributed by atoms with E-state index in [0.717, 1.165) is 38.6 Å². The molecule has 2 rings (SSSR count). The Kier molecular flexibility index (Phi) is 4.45. The monoisotopic (exact) mass is 256 g/mol. The number of carbonyl (C=O) groups is 1. The lowest BCUT2D eigenvalue weighted by molar-refractivity contribution is -0.182. The van der Waals surface area contributed by atoms with Crippen LogP contribution in [0.15, 0.2) is 0 Å². The third kappa shape index (κ3) is 2.95. The smallest absolute Gasteiger partial charge is 0.317 e. The molecule has 0 aromatic rings. The van der Waals surface area contributed by atoms with Gasteiger partial charge in [0.15, 0.2) is 5.79 Å². The fourth-order valence-electron chi connectivity index (χ4n) is 2.74. The van der Waals surface area contributed by atoms with E-state index in [1.807, 2.05) is 11.9 Å². The predicted molar refractivity (Wildman–Crippen MR) is 68.3 cm³/mol. The Hall–Kier alpha value is -0.810. The van der Waals surface area contributed by atoms with Crippen LogP contribution >= 0.6 is 0 Å². The van der Waals surface area contributed by atoms with Crippen LogP contribution in [0, 0.1) is 0 Å². The first-order valence-corrected chi connectivity index (χ1v) is 6.95.